The molecule has 0 heterocycles. The molecule has 11 heteroatoms. The lowest BCUT2D eigenvalue weighted by molar-refractivity contribution is -0.419. The minimum absolute atomic E-state index is 1.00. The molecule has 0 spiro atoms. The minimum atomic E-state index is -7.14. The Kier molecular flexibility index (Phi) is 5.11. The van der Waals surface area contributed by atoms with E-state index in [4.69, 9.17) is 5.11 Å². The number of rotatable bonds is 1. The van der Waals surface area contributed by atoms with Gasteiger partial charge in [0.1, 0.15) is 0 Å². The van der Waals surface area contributed by atoms with Gasteiger partial charge in [0, 0.05) is 7.11 Å². The molecule has 0 saturated carbocycles. The van der Waals surface area contributed by atoms with Gasteiger partial charge in [-0.05, 0) is 0 Å². The monoisotopic (exact) mass is 270 g/mol. The highest BCUT2D eigenvalue weighted by molar-refractivity contribution is 4.95. The van der Waals surface area contributed by atoms with Crippen molar-refractivity contribution in [3.8, 4) is 0 Å². The molecular formula is C5H4F10O. The van der Waals surface area contributed by atoms with Crippen LogP contribution in [0, 0.1) is 0 Å². The first-order valence-corrected chi connectivity index (χ1v) is 3.09. The molecule has 0 aliphatic heterocycles. The van der Waals surface area contributed by atoms with Gasteiger partial charge in [0.25, 0.3) is 0 Å². The zero-order valence-corrected chi connectivity index (χ0v) is 7.23. The van der Waals surface area contributed by atoms with Crippen LogP contribution in [0.4, 0.5) is 43.9 Å². The van der Waals surface area contributed by atoms with E-state index in [0.717, 1.165) is 7.11 Å². The second-order valence-corrected chi connectivity index (χ2v) is 2.14. The smallest absolute Gasteiger partial charge is 0.400 e. The molecule has 0 amide bonds. The zero-order valence-electron chi connectivity index (χ0n) is 7.23. The highest BCUT2D eigenvalue weighted by atomic mass is 19.4. The number of aliphatic hydroxyl groups excluding tert-OH is 1. The fraction of sp³-hybridized carbons (Fsp3) is 1.00. The SMILES string of the molecule is CO.FC(F)(F)C(F)(F)C(F)(F)C(F)(F)F. The Morgan fingerprint density at radius 1 is 0.500 bits per heavy atom. The van der Waals surface area contributed by atoms with E-state index in [-0.39, 0.29) is 0 Å². The van der Waals surface area contributed by atoms with E-state index in [1.807, 2.05) is 0 Å². The lowest BCUT2D eigenvalue weighted by Gasteiger charge is -2.29. The van der Waals surface area contributed by atoms with Crippen LogP contribution < -0.4 is 0 Å². The summed E-state index contributed by atoms with van der Waals surface area (Å²) in [6.07, 6.45) is -13.9. The van der Waals surface area contributed by atoms with E-state index >= 15 is 0 Å². The highest BCUT2D eigenvalue weighted by Crippen LogP contribution is 2.53. The van der Waals surface area contributed by atoms with Crippen LogP contribution in [-0.4, -0.2) is 36.4 Å². The fourth-order valence-electron chi connectivity index (χ4n) is 0.356. The van der Waals surface area contributed by atoms with Crippen LogP contribution in [-0.2, 0) is 0 Å². The average Bonchev–Trinajstić information content (AvgIpc) is 2.03. The summed E-state index contributed by atoms with van der Waals surface area (Å²) in [5, 5.41) is 7.00. The summed E-state index contributed by atoms with van der Waals surface area (Å²) < 4.78 is 113. The van der Waals surface area contributed by atoms with Crippen molar-refractivity contribution < 1.29 is 49.0 Å². The van der Waals surface area contributed by atoms with Crippen molar-refractivity contribution in [3.05, 3.63) is 0 Å². The second kappa shape index (κ2) is 4.63. The standard InChI is InChI=1S/C4F10.CH4O/c5-1(6,3(9,10)11)2(7,8)4(12,13)14;1-2/h;2H,1H3. The molecule has 0 radical (unpaired) electrons. The lowest BCUT2D eigenvalue weighted by Crippen LogP contribution is -2.59. The highest BCUT2D eigenvalue weighted by Gasteiger charge is 2.82. The molecule has 0 saturated heterocycles. The van der Waals surface area contributed by atoms with Gasteiger partial charge in [0.2, 0.25) is 0 Å². The molecule has 0 aromatic rings. The van der Waals surface area contributed by atoms with Crippen LogP contribution in [0.2, 0.25) is 0 Å². The summed E-state index contributed by atoms with van der Waals surface area (Å²) in [5.74, 6) is -14.3. The van der Waals surface area contributed by atoms with Crippen molar-refractivity contribution in [1.29, 1.82) is 0 Å². The molecule has 0 aromatic heterocycles. The zero-order chi connectivity index (χ0) is 14.0. The topological polar surface area (TPSA) is 20.2 Å². The first-order valence-electron chi connectivity index (χ1n) is 3.09. The van der Waals surface area contributed by atoms with E-state index in [1.165, 1.54) is 0 Å². The van der Waals surface area contributed by atoms with Crippen molar-refractivity contribution in [1.82, 2.24) is 0 Å². The Balaban J connectivity index is 0. The molecule has 1 nitrogen and oxygen atoms in total. The van der Waals surface area contributed by atoms with Crippen LogP contribution in [0.1, 0.15) is 0 Å². The predicted octanol–water partition coefficient (Wildman–Crippen LogP) is 2.99. The average molecular weight is 270 g/mol. The van der Waals surface area contributed by atoms with E-state index in [2.05, 4.69) is 0 Å². The van der Waals surface area contributed by atoms with E-state index in [1.54, 1.807) is 0 Å². The third kappa shape index (κ3) is 2.89. The fourth-order valence-corrected chi connectivity index (χ4v) is 0.356. The summed E-state index contributed by atoms with van der Waals surface area (Å²) in [6, 6.07) is 0. The molecule has 0 aromatic carbocycles. The summed E-state index contributed by atoms with van der Waals surface area (Å²) in [6.45, 7) is 0. The third-order valence-corrected chi connectivity index (χ3v) is 1.11. The molecule has 0 bridgehead atoms. The number of alkyl halides is 10. The minimum Gasteiger partial charge on any atom is -0.400 e. The molecule has 0 rings (SSSR count). The maximum absolute atomic E-state index is 11.6. The van der Waals surface area contributed by atoms with Gasteiger partial charge in [-0.15, -0.1) is 0 Å². The van der Waals surface area contributed by atoms with Gasteiger partial charge in [-0.25, -0.2) is 0 Å². The lowest BCUT2D eigenvalue weighted by atomic mass is 10.1. The van der Waals surface area contributed by atoms with Crippen molar-refractivity contribution in [3.63, 3.8) is 0 Å². The predicted molar refractivity (Wildman–Crippen MR) is 30.1 cm³/mol. The van der Waals surface area contributed by atoms with Gasteiger partial charge in [-0.1, -0.05) is 0 Å². The first kappa shape index (κ1) is 17.6. The molecular weight excluding hydrogens is 266 g/mol. The molecule has 0 aliphatic carbocycles. The number of hydrogen-bond acceptors (Lipinski definition) is 1. The Bertz CT molecular complexity index is 188. The van der Waals surface area contributed by atoms with Gasteiger partial charge in [0.05, 0.1) is 0 Å². The van der Waals surface area contributed by atoms with Crippen LogP contribution in [0.15, 0.2) is 0 Å². The van der Waals surface area contributed by atoms with Crippen LogP contribution in [0.25, 0.3) is 0 Å². The Labute approximate surface area is 81.7 Å². The van der Waals surface area contributed by atoms with Crippen molar-refractivity contribution in [2.75, 3.05) is 7.11 Å². The number of aliphatic hydroxyl groups is 1. The van der Waals surface area contributed by atoms with Crippen LogP contribution in [0.5, 0.6) is 0 Å². The van der Waals surface area contributed by atoms with E-state index in [9.17, 15) is 43.9 Å². The molecule has 16 heavy (non-hydrogen) atoms. The second-order valence-electron chi connectivity index (χ2n) is 2.14. The molecule has 0 aliphatic rings. The van der Waals surface area contributed by atoms with Gasteiger partial charge in [-0.2, -0.15) is 43.9 Å². The number of halogens is 10. The molecule has 0 atom stereocenters. The molecule has 0 unspecified atom stereocenters. The summed E-state index contributed by atoms with van der Waals surface area (Å²) >= 11 is 0. The Morgan fingerprint density at radius 2 is 0.625 bits per heavy atom. The van der Waals surface area contributed by atoms with E-state index in [0.29, 0.717) is 0 Å². The Morgan fingerprint density at radius 3 is 0.688 bits per heavy atom. The first-order chi connectivity index (χ1) is 6.75. The van der Waals surface area contributed by atoms with Crippen molar-refractivity contribution in [2.45, 2.75) is 24.2 Å². The summed E-state index contributed by atoms with van der Waals surface area (Å²) in [5.41, 5.74) is 0. The maximum Gasteiger partial charge on any atom is 0.460 e. The largest absolute Gasteiger partial charge is 0.460 e. The van der Waals surface area contributed by atoms with Gasteiger partial charge >= 0.3 is 24.2 Å². The quantitative estimate of drug-likeness (QED) is 0.726. The molecule has 0 fully saturated rings. The number of hydrogen-bond donors (Lipinski definition) is 1. The maximum atomic E-state index is 11.6. The molecule has 100 valence electrons. The van der Waals surface area contributed by atoms with Crippen molar-refractivity contribution >= 4 is 0 Å². The van der Waals surface area contributed by atoms with Gasteiger partial charge < -0.3 is 5.11 Å². The summed E-state index contributed by atoms with van der Waals surface area (Å²) in [7, 11) is 1.00. The van der Waals surface area contributed by atoms with Gasteiger partial charge in [0.15, 0.2) is 0 Å². The van der Waals surface area contributed by atoms with E-state index < -0.39 is 24.2 Å². The van der Waals surface area contributed by atoms with Crippen molar-refractivity contribution in [2.24, 2.45) is 0 Å². The molecule has 1 N–H and O–H groups in total. The normalized spacial score (nSPS) is 14.2. The summed E-state index contributed by atoms with van der Waals surface area (Å²) in [4.78, 5) is 0. The Hall–Kier alpha value is -0.740. The third-order valence-electron chi connectivity index (χ3n) is 1.11. The van der Waals surface area contributed by atoms with Crippen LogP contribution in [0.3, 0.4) is 0 Å². The van der Waals surface area contributed by atoms with Gasteiger partial charge in [-0.3, -0.25) is 0 Å². The van der Waals surface area contributed by atoms with Crippen LogP contribution >= 0.6 is 0 Å².